The van der Waals surface area contributed by atoms with E-state index in [1.807, 2.05) is 16.7 Å². The Hall–Kier alpha value is -1.35. The zero-order valence-corrected chi connectivity index (χ0v) is 18.3. The van der Waals surface area contributed by atoms with Crippen LogP contribution in [0, 0.1) is 0 Å². The summed E-state index contributed by atoms with van der Waals surface area (Å²) in [4.78, 5) is 4.65. The van der Waals surface area contributed by atoms with Crippen molar-refractivity contribution in [2.45, 2.75) is 45.2 Å². The molecule has 1 heterocycles. The topological polar surface area (TPSA) is 67.1 Å². The SMILES string of the molecule is CCNC(=NCc1nncn1CC)NCC1(c2cccc(Cl)c2)CC1.I. The van der Waals surface area contributed by atoms with E-state index in [-0.39, 0.29) is 29.4 Å². The molecule has 0 saturated heterocycles. The number of guanidine groups is 1. The molecule has 1 aromatic heterocycles. The van der Waals surface area contributed by atoms with Crippen LogP contribution in [0.1, 0.15) is 38.1 Å². The molecule has 1 aromatic carbocycles. The smallest absolute Gasteiger partial charge is 0.191 e. The Bertz CT molecular complexity index is 741. The second kappa shape index (κ2) is 9.55. The highest BCUT2D eigenvalue weighted by Gasteiger charge is 2.44. The second-order valence-electron chi connectivity index (χ2n) is 6.37. The van der Waals surface area contributed by atoms with Crippen LogP contribution in [0.3, 0.4) is 0 Å². The van der Waals surface area contributed by atoms with Crippen molar-refractivity contribution in [2.75, 3.05) is 13.1 Å². The largest absolute Gasteiger partial charge is 0.357 e. The van der Waals surface area contributed by atoms with Gasteiger partial charge in [0.15, 0.2) is 11.8 Å². The van der Waals surface area contributed by atoms with Crippen LogP contribution in [-0.4, -0.2) is 33.8 Å². The first kappa shape index (κ1) is 21.0. The fourth-order valence-corrected chi connectivity index (χ4v) is 3.14. The lowest BCUT2D eigenvalue weighted by molar-refractivity contribution is 0.642. The minimum Gasteiger partial charge on any atom is -0.357 e. The van der Waals surface area contributed by atoms with Crippen molar-refractivity contribution < 1.29 is 0 Å². The second-order valence-corrected chi connectivity index (χ2v) is 6.81. The predicted octanol–water partition coefficient (Wildman–Crippen LogP) is 3.36. The van der Waals surface area contributed by atoms with Crippen LogP contribution < -0.4 is 10.6 Å². The molecular weight excluding hydrogens is 463 g/mol. The lowest BCUT2D eigenvalue weighted by Crippen LogP contribution is -2.41. The summed E-state index contributed by atoms with van der Waals surface area (Å²) in [5.74, 6) is 1.68. The minimum atomic E-state index is 0. The first-order valence-corrected chi connectivity index (χ1v) is 9.19. The van der Waals surface area contributed by atoms with E-state index in [0.29, 0.717) is 6.54 Å². The Kier molecular flexibility index (Phi) is 7.69. The zero-order valence-electron chi connectivity index (χ0n) is 15.2. The summed E-state index contributed by atoms with van der Waals surface area (Å²) in [5, 5.41) is 15.7. The van der Waals surface area contributed by atoms with Gasteiger partial charge in [0.2, 0.25) is 0 Å². The summed E-state index contributed by atoms with van der Waals surface area (Å²) >= 11 is 6.15. The van der Waals surface area contributed by atoms with Gasteiger partial charge in [-0.2, -0.15) is 0 Å². The highest BCUT2D eigenvalue weighted by molar-refractivity contribution is 14.0. The average Bonchev–Trinajstić information content (AvgIpc) is 3.27. The Morgan fingerprint density at radius 2 is 2.12 bits per heavy atom. The summed E-state index contributed by atoms with van der Waals surface area (Å²) in [6.45, 7) is 7.15. The quantitative estimate of drug-likeness (QED) is 0.356. The molecule has 1 aliphatic rings. The van der Waals surface area contributed by atoms with Gasteiger partial charge in [-0.3, -0.25) is 0 Å². The predicted molar refractivity (Wildman–Crippen MR) is 116 cm³/mol. The molecule has 0 unspecified atom stereocenters. The molecule has 0 bridgehead atoms. The molecule has 1 saturated carbocycles. The van der Waals surface area contributed by atoms with Gasteiger partial charge < -0.3 is 15.2 Å². The molecule has 26 heavy (non-hydrogen) atoms. The molecule has 0 amide bonds. The summed E-state index contributed by atoms with van der Waals surface area (Å²) in [7, 11) is 0. The van der Waals surface area contributed by atoms with E-state index >= 15 is 0 Å². The van der Waals surface area contributed by atoms with Crippen molar-refractivity contribution in [1.82, 2.24) is 25.4 Å². The summed E-state index contributed by atoms with van der Waals surface area (Å²) in [6.07, 6.45) is 4.08. The Labute approximate surface area is 176 Å². The van der Waals surface area contributed by atoms with Gasteiger partial charge in [-0.1, -0.05) is 23.7 Å². The molecule has 6 nitrogen and oxygen atoms in total. The Morgan fingerprint density at radius 3 is 2.77 bits per heavy atom. The van der Waals surface area contributed by atoms with Gasteiger partial charge in [0.05, 0.1) is 0 Å². The number of nitrogens with zero attached hydrogens (tertiary/aromatic N) is 4. The fourth-order valence-electron chi connectivity index (χ4n) is 2.95. The molecule has 1 fully saturated rings. The number of nitrogens with one attached hydrogen (secondary N) is 2. The van der Waals surface area contributed by atoms with E-state index < -0.39 is 0 Å². The standard InChI is InChI=1S/C18H25ClN6.HI/c1-3-20-17(21-11-16-24-23-13-25(16)4-2)22-12-18(8-9-18)14-6-5-7-15(19)10-14;/h5-7,10,13H,3-4,8-9,11-12H2,1-2H3,(H2,20,21,22);1H. The fraction of sp³-hybridized carbons (Fsp3) is 0.500. The number of benzene rings is 1. The summed E-state index contributed by atoms with van der Waals surface area (Å²) in [5.41, 5.74) is 1.47. The van der Waals surface area contributed by atoms with Crippen molar-refractivity contribution in [3.05, 3.63) is 47.0 Å². The summed E-state index contributed by atoms with van der Waals surface area (Å²) in [6, 6.07) is 8.18. The molecule has 0 atom stereocenters. The van der Waals surface area contributed by atoms with Crippen LogP contribution in [0.2, 0.25) is 5.02 Å². The van der Waals surface area contributed by atoms with Crippen LogP contribution in [-0.2, 0) is 18.5 Å². The molecule has 0 spiro atoms. The molecular formula is C18H26ClIN6. The lowest BCUT2D eigenvalue weighted by Gasteiger charge is -2.19. The molecule has 2 N–H and O–H groups in total. The summed E-state index contributed by atoms with van der Waals surface area (Å²) < 4.78 is 2.00. The van der Waals surface area contributed by atoms with Crippen LogP contribution in [0.4, 0.5) is 0 Å². The van der Waals surface area contributed by atoms with Crippen LogP contribution in [0.5, 0.6) is 0 Å². The molecule has 0 aliphatic heterocycles. The lowest BCUT2D eigenvalue weighted by atomic mass is 9.96. The number of aromatic nitrogens is 3. The minimum absolute atomic E-state index is 0. The van der Waals surface area contributed by atoms with Gasteiger partial charge in [0.1, 0.15) is 12.9 Å². The highest BCUT2D eigenvalue weighted by Crippen LogP contribution is 2.48. The maximum atomic E-state index is 6.15. The van der Waals surface area contributed by atoms with E-state index in [1.165, 1.54) is 18.4 Å². The van der Waals surface area contributed by atoms with Gasteiger partial charge in [0.25, 0.3) is 0 Å². The first-order chi connectivity index (χ1) is 12.2. The van der Waals surface area contributed by atoms with Gasteiger partial charge >= 0.3 is 0 Å². The van der Waals surface area contributed by atoms with Gasteiger partial charge in [-0.25, -0.2) is 4.99 Å². The number of hydrogen-bond acceptors (Lipinski definition) is 3. The number of halogens is 2. The van der Waals surface area contributed by atoms with E-state index in [1.54, 1.807) is 6.33 Å². The van der Waals surface area contributed by atoms with Crippen molar-refractivity contribution in [1.29, 1.82) is 0 Å². The van der Waals surface area contributed by atoms with Gasteiger partial charge in [0, 0.05) is 30.1 Å². The number of aliphatic imine (C=N–C) groups is 1. The molecule has 3 rings (SSSR count). The Morgan fingerprint density at radius 1 is 1.31 bits per heavy atom. The van der Waals surface area contributed by atoms with Crippen molar-refractivity contribution in [3.63, 3.8) is 0 Å². The number of hydrogen-bond donors (Lipinski definition) is 2. The zero-order chi connectivity index (χ0) is 17.7. The first-order valence-electron chi connectivity index (χ1n) is 8.82. The normalized spacial score (nSPS) is 15.3. The van der Waals surface area contributed by atoms with Gasteiger partial charge in [-0.05, 0) is 44.4 Å². The highest BCUT2D eigenvalue weighted by atomic mass is 127. The van der Waals surface area contributed by atoms with E-state index in [2.05, 4.69) is 51.8 Å². The van der Waals surface area contributed by atoms with Crippen molar-refractivity contribution in [3.8, 4) is 0 Å². The monoisotopic (exact) mass is 488 g/mol. The molecule has 1 aliphatic carbocycles. The van der Waals surface area contributed by atoms with Crippen LogP contribution >= 0.6 is 35.6 Å². The molecule has 142 valence electrons. The van der Waals surface area contributed by atoms with Crippen molar-refractivity contribution >= 4 is 41.5 Å². The average molecular weight is 489 g/mol. The number of aryl methyl sites for hydroxylation is 1. The van der Waals surface area contributed by atoms with E-state index in [4.69, 9.17) is 11.6 Å². The Balaban J connectivity index is 0.00000243. The third-order valence-corrected chi connectivity index (χ3v) is 4.88. The molecule has 8 heteroatoms. The number of rotatable bonds is 7. The third-order valence-electron chi connectivity index (χ3n) is 4.64. The maximum absolute atomic E-state index is 6.15. The molecule has 0 radical (unpaired) electrons. The van der Waals surface area contributed by atoms with Crippen molar-refractivity contribution in [2.24, 2.45) is 4.99 Å². The van der Waals surface area contributed by atoms with E-state index in [0.717, 1.165) is 36.4 Å². The molecule has 2 aromatic rings. The maximum Gasteiger partial charge on any atom is 0.191 e. The van der Waals surface area contributed by atoms with Gasteiger partial charge in [-0.15, -0.1) is 34.2 Å². The van der Waals surface area contributed by atoms with Crippen LogP contribution in [0.15, 0.2) is 35.6 Å². The van der Waals surface area contributed by atoms with Crippen LogP contribution in [0.25, 0.3) is 0 Å². The third kappa shape index (κ3) is 5.09. The van der Waals surface area contributed by atoms with E-state index in [9.17, 15) is 0 Å².